The molecule has 0 fully saturated rings. The van der Waals surface area contributed by atoms with Gasteiger partial charge in [-0.1, -0.05) is 24.8 Å². The molecule has 0 aliphatic rings. The van der Waals surface area contributed by atoms with Crippen LogP contribution in [0.25, 0.3) is 16.5 Å². The Morgan fingerprint density at radius 1 is 1.16 bits per heavy atom. The molecule has 2 heterocycles. The number of furan rings is 1. The molecular weight excluding hydrogens is 234 g/mol. The van der Waals surface area contributed by atoms with Crippen molar-refractivity contribution in [1.29, 1.82) is 0 Å². The van der Waals surface area contributed by atoms with Gasteiger partial charge in [-0.3, -0.25) is 4.98 Å². The van der Waals surface area contributed by atoms with Crippen molar-refractivity contribution in [2.45, 2.75) is 13.8 Å². The van der Waals surface area contributed by atoms with E-state index in [9.17, 15) is 0 Å². The monoisotopic (exact) mass is 249 g/mol. The normalized spacial score (nSPS) is 10.8. The molecule has 94 valence electrons. The smallest absolute Gasteiger partial charge is 0.136 e. The predicted octanol–water partition coefficient (Wildman–Crippen LogP) is 4.51. The lowest BCUT2D eigenvalue weighted by Crippen LogP contribution is -1.95. The summed E-state index contributed by atoms with van der Waals surface area (Å²) >= 11 is 0. The molecule has 0 aliphatic heterocycles. The summed E-state index contributed by atoms with van der Waals surface area (Å²) in [5.41, 5.74) is 4.97. The lowest BCUT2D eigenvalue weighted by atomic mass is 10.0. The van der Waals surface area contributed by atoms with Crippen LogP contribution >= 0.6 is 0 Å². The molecular formula is C17H15NO. The highest BCUT2D eigenvalue weighted by molar-refractivity contribution is 5.85. The third kappa shape index (κ3) is 1.95. The number of aryl methyl sites for hydroxylation is 1. The van der Waals surface area contributed by atoms with E-state index >= 15 is 0 Å². The van der Waals surface area contributed by atoms with Crippen LogP contribution in [0.1, 0.15) is 22.6 Å². The number of hydrogen-bond acceptors (Lipinski definition) is 2. The van der Waals surface area contributed by atoms with Crippen LogP contribution in [0.3, 0.4) is 0 Å². The molecule has 0 aliphatic carbocycles. The van der Waals surface area contributed by atoms with Crippen LogP contribution in [0, 0.1) is 13.8 Å². The Morgan fingerprint density at radius 3 is 2.74 bits per heavy atom. The maximum Gasteiger partial charge on any atom is 0.136 e. The highest BCUT2D eigenvalue weighted by Gasteiger charge is 2.12. The minimum atomic E-state index is 0.780. The first-order valence-corrected chi connectivity index (χ1v) is 6.27. The van der Waals surface area contributed by atoms with Gasteiger partial charge in [0.1, 0.15) is 11.3 Å². The first-order chi connectivity index (χ1) is 9.16. The third-order valence-electron chi connectivity index (χ3n) is 3.48. The van der Waals surface area contributed by atoms with Crippen molar-refractivity contribution in [2.24, 2.45) is 0 Å². The Bertz CT molecular complexity index is 735. The highest BCUT2D eigenvalue weighted by Crippen LogP contribution is 2.29. The first-order valence-electron chi connectivity index (χ1n) is 6.27. The molecule has 0 amide bonds. The Balaban J connectivity index is 2.11. The van der Waals surface area contributed by atoms with E-state index in [-0.39, 0.29) is 0 Å². The van der Waals surface area contributed by atoms with E-state index in [1.807, 2.05) is 42.6 Å². The molecule has 0 N–H and O–H groups in total. The first kappa shape index (κ1) is 11.7. The molecule has 0 radical (unpaired) electrons. The summed E-state index contributed by atoms with van der Waals surface area (Å²) in [4.78, 5) is 4.43. The number of para-hydroxylation sites is 1. The molecule has 0 unspecified atom stereocenters. The molecule has 3 rings (SSSR count). The van der Waals surface area contributed by atoms with E-state index in [1.165, 1.54) is 5.56 Å². The molecule has 19 heavy (non-hydrogen) atoms. The van der Waals surface area contributed by atoms with Gasteiger partial charge in [-0.2, -0.15) is 0 Å². The van der Waals surface area contributed by atoms with Crippen molar-refractivity contribution in [1.82, 2.24) is 4.98 Å². The van der Waals surface area contributed by atoms with Gasteiger partial charge in [0.25, 0.3) is 0 Å². The summed E-state index contributed by atoms with van der Waals surface area (Å²) < 4.78 is 5.84. The second-order valence-corrected chi connectivity index (χ2v) is 4.73. The van der Waals surface area contributed by atoms with E-state index < -0.39 is 0 Å². The fraction of sp³-hybridized carbons (Fsp3) is 0.118. The third-order valence-corrected chi connectivity index (χ3v) is 3.48. The largest absolute Gasteiger partial charge is 0.456 e. The van der Waals surface area contributed by atoms with Crippen LogP contribution in [-0.4, -0.2) is 4.98 Å². The van der Waals surface area contributed by atoms with E-state index in [0.29, 0.717) is 0 Å². The van der Waals surface area contributed by atoms with Crippen molar-refractivity contribution in [3.63, 3.8) is 0 Å². The van der Waals surface area contributed by atoms with Gasteiger partial charge < -0.3 is 4.42 Å². The fourth-order valence-electron chi connectivity index (χ4n) is 2.18. The summed E-state index contributed by atoms with van der Waals surface area (Å²) in [5.74, 6) is 0.780. The molecule has 3 aromatic rings. The molecule has 0 bridgehead atoms. The lowest BCUT2D eigenvalue weighted by Gasteiger charge is -2.07. The van der Waals surface area contributed by atoms with Crippen LogP contribution < -0.4 is 0 Å². The zero-order valence-electron chi connectivity index (χ0n) is 11.1. The topological polar surface area (TPSA) is 26.0 Å². The van der Waals surface area contributed by atoms with Crippen LogP contribution in [0.5, 0.6) is 0 Å². The molecule has 0 atom stereocenters. The molecule has 2 nitrogen and oxygen atoms in total. The van der Waals surface area contributed by atoms with Crippen molar-refractivity contribution in [2.75, 3.05) is 0 Å². The van der Waals surface area contributed by atoms with Crippen LogP contribution in [0.2, 0.25) is 0 Å². The van der Waals surface area contributed by atoms with E-state index in [2.05, 4.69) is 25.4 Å². The van der Waals surface area contributed by atoms with Gasteiger partial charge in [0.2, 0.25) is 0 Å². The van der Waals surface area contributed by atoms with Gasteiger partial charge in [-0.15, -0.1) is 0 Å². The summed E-state index contributed by atoms with van der Waals surface area (Å²) in [6.45, 7) is 8.27. The Hall–Kier alpha value is -2.35. The lowest BCUT2D eigenvalue weighted by molar-refractivity contribution is 0.600. The quantitative estimate of drug-likeness (QED) is 0.668. The van der Waals surface area contributed by atoms with E-state index in [0.717, 1.165) is 33.6 Å². The Labute approximate surface area is 112 Å². The SMILES string of the molecule is C=C(c1cc2ccccc2o1)c1nccc(C)c1C. The zero-order chi connectivity index (χ0) is 13.4. The second-order valence-electron chi connectivity index (χ2n) is 4.73. The van der Waals surface area contributed by atoms with Gasteiger partial charge in [0.05, 0.1) is 5.69 Å². The van der Waals surface area contributed by atoms with Crippen molar-refractivity contribution < 1.29 is 4.42 Å². The minimum absolute atomic E-state index is 0.780. The number of nitrogens with zero attached hydrogens (tertiary/aromatic N) is 1. The second kappa shape index (κ2) is 4.39. The molecule has 2 aromatic heterocycles. The summed E-state index contributed by atoms with van der Waals surface area (Å²) in [6.07, 6.45) is 1.81. The predicted molar refractivity (Wildman–Crippen MR) is 78.1 cm³/mol. The maximum absolute atomic E-state index is 5.84. The molecule has 0 saturated heterocycles. The molecule has 0 saturated carbocycles. The number of benzene rings is 1. The summed E-state index contributed by atoms with van der Waals surface area (Å²) in [6, 6.07) is 12.0. The van der Waals surface area contributed by atoms with E-state index in [4.69, 9.17) is 4.42 Å². The van der Waals surface area contributed by atoms with Gasteiger partial charge >= 0.3 is 0 Å². The number of fused-ring (bicyclic) bond motifs is 1. The standard InChI is InChI=1S/C17H15NO/c1-11-8-9-18-17(12(11)2)13(3)16-10-14-6-4-5-7-15(14)19-16/h4-10H,3H2,1-2H3. The van der Waals surface area contributed by atoms with Gasteiger partial charge in [-0.25, -0.2) is 0 Å². The van der Waals surface area contributed by atoms with Crippen LogP contribution in [0.15, 0.2) is 53.6 Å². The van der Waals surface area contributed by atoms with Gasteiger partial charge in [0.15, 0.2) is 0 Å². The minimum Gasteiger partial charge on any atom is -0.456 e. The van der Waals surface area contributed by atoms with Crippen molar-refractivity contribution in [3.8, 4) is 0 Å². The Kier molecular flexibility index (Phi) is 2.71. The van der Waals surface area contributed by atoms with E-state index in [1.54, 1.807) is 0 Å². The van der Waals surface area contributed by atoms with Gasteiger partial charge in [0, 0.05) is 17.2 Å². The Morgan fingerprint density at radius 2 is 1.95 bits per heavy atom. The zero-order valence-corrected chi connectivity index (χ0v) is 11.1. The van der Waals surface area contributed by atoms with Crippen molar-refractivity contribution >= 4 is 16.5 Å². The molecule has 0 spiro atoms. The molecule has 2 heteroatoms. The number of rotatable bonds is 2. The van der Waals surface area contributed by atoms with Crippen molar-refractivity contribution in [3.05, 3.63) is 71.8 Å². The number of pyridine rings is 1. The van der Waals surface area contributed by atoms with Crippen LogP contribution in [-0.2, 0) is 0 Å². The fourth-order valence-corrected chi connectivity index (χ4v) is 2.18. The van der Waals surface area contributed by atoms with Gasteiger partial charge in [-0.05, 0) is 43.2 Å². The van der Waals surface area contributed by atoms with Crippen LogP contribution in [0.4, 0.5) is 0 Å². The number of hydrogen-bond donors (Lipinski definition) is 0. The summed E-state index contributed by atoms with van der Waals surface area (Å²) in [5, 5.41) is 1.09. The average molecular weight is 249 g/mol. The summed E-state index contributed by atoms with van der Waals surface area (Å²) in [7, 11) is 0. The average Bonchev–Trinajstić information content (AvgIpc) is 2.85. The molecule has 1 aromatic carbocycles. The highest BCUT2D eigenvalue weighted by atomic mass is 16.3. The maximum atomic E-state index is 5.84. The number of aromatic nitrogens is 1.